The van der Waals surface area contributed by atoms with Gasteiger partial charge in [-0.2, -0.15) is 0 Å². The fraction of sp³-hybridized carbons (Fsp3) is 0.0870. The monoisotopic (exact) mass is 373 g/mol. The van der Waals surface area contributed by atoms with Gasteiger partial charge in [-0.3, -0.25) is 0 Å². The van der Waals surface area contributed by atoms with Crippen LogP contribution in [0.25, 0.3) is 11.1 Å². The van der Waals surface area contributed by atoms with Gasteiger partial charge in [-0.05, 0) is 40.0 Å². The van der Waals surface area contributed by atoms with E-state index in [0.717, 1.165) is 33.4 Å². The summed E-state index contributed by atoms with van der Waals surface area (Å²) >= 11 is 6.35. The number of carbonyl (C=O) groups excluding carboxylic acids is 1. The standard InChI is InChI=1S/C23H16ClNO2/c24-17-11-12-19-18(13-17)20(15-7-3-1-4-8-15)21(16-9-5-2-6-10-16)23(19)14-27-22(26)25-23/h1-13H,14H2,(H,25,26)/t23-/m1/s1. The molecule has 1 fully saturated rings. The van der Waals surface area contributed by atoms with Crippen molar-refractivity contribution < 1.29 is 9.53 Å². The maximum absolute atomic E-state index is 12.1. The van der Waals surface area contributed by atoms with Crippen LogP contribution in [0.15, 0.2) is 78.9 Å². The van der Waals surface area contributed by atoms with Gasteiger partial charge in [0.25, 0.3) is 0 Å². The number of nitrogens with one attached hydrogen (secondary N) is 1. The Balaban J connectivity index is 1.90. The molecular formula is C23H16ClNO2. The number of cyclic esters (lactones) is 1. The van der Waals surface area contributed by atoms with Gasteiger partial charge in [0.2, 0.25) is 0 Å². The second kappa shape index (κ2) is 6.00. The Morgan fingerprint density at radius 2 is 1.56 bits per heavy atom. The highest BCUT2D eigenvalue weighted by molar-refractivity contribution is 6.31. The smallest absolute Gasteiger partial charge is 0.408 e. The average molecular weight is 374 g/mol. The molecule has 1 heterocycles. The SMILES string of the molecule is O=C1N[C@@]2(CO1)C(c1ccccc1)=C(c1ccccc1)c1cc(Cl)ccc12. The van der Waals surface area contributed by atoms with E-state index in [-0.39, 0.29) is 6.61 Å². The summed E-state index contributed by atoms with van der Waals surface area (Å²) in [7, 11) is 0. The fourth-order valence-corrected chi connectivity index (χ4v) is 4.35. The average Bonchev–Trinajstić information content (AvgIpc) is 3.21. The van der Waals surface area contributed by atoms with E-state index < -0.39 is 11.6 Å². The molecule has 3 aromatic rings. The van der Waals surface area contributed by atoms with Crippen molar-refractivity contribution in [2.75, 3.05) is 6.61 Å². The van der Waals surface area contributed by atoms with Gasteiger partial charge in [-0.25, -0.2) is 4.79 Å². The number of alkyl carbamates (subject to hydrolysis) is 1. The third-order valence-electron chi connectivity index (χ3n) is 5.25. The highest BCUT2D eigenvalue weighted by atomic mass is 35.5. The summed E-state index contributed by atoms with van der Waals surface area (Å²) in [6.45, 7) is 0.251. The number of fused-ring (bicyclic) bond motifs is 2. The van der Waals surface area contributed by atoms with Crippen molar-refractivity contribution in [3.05, 3.63) is 106 Å². The summed E-state index contributed by atoms with van der Waals surface area (Å²) in [4.78, 5) is 12.1. The van der Waals surface area contributed by atoms with Crippen molar-refractivity contribution in [1.82, 2.24) is 5.32 Å². The Bertz CT molecular complexity index is 1080. The van der Waals surface area contributed by atoms with E-state index in [0.29, 0.717) is 5.02 Å². The highest BCUT2D eigenvalue weighted by Crippen LogP contribution is 2.53. The van der Waals surface area contributed by atoms with Crippen LogP contribution in [-0.4, -0.2) is 12.7 Å². The molecule has 132 valence electrons. The van der Waals surface area contributed by atoms with Gasteiger partial charge in [-0.1, -0.05) is 78.3 Å². The third-order valence-corrected chi connectivity index (χ3v) is 5.48. The van der Waals surface area contributed by atoms with Gasteiger partial charge >= 0.3 is 6.09 Å². The number of ether oxygens (including phenoxy) is 1. The van der Waals surface area contributed by atoms with Crippen LogP contribution in [0.1, 0.15) is 22.3 Å². The summed E-state index contributed by atoms with van der Waals surface area (Å²) in [5, 5.41) is 3.75. The van der Waals surface area contributed by atoms with Crippen LogP contribution in [0, 0.1) is 0 Å². The fourth-order valence-electron chi connectivity index (χ4n) is 4.18. The van der Waals surface area contributed by atoms with E-state index in [1.165, 1.54) is 0 Å². The Morgan fingerprint density at radius 3 is 2.19 bits per heavy atom. The summed E-state index contributed by atoms with van der Waals surface area (Å²) in [6.07, 6.45) is -0.404. The minimum absolute atomic E-state index is 0.251. The van der Waals surface area contributed by atoms with Gasteiger partial charge < -0.3 is 10.1 Å². The van der Waals surface area contributed by atoms with E-state index in [1.807, 2.05) is 54.6 Å². The van der Waals surface area contributed by atoms with Crippen LogP contribution < -0.4 is 5.32 Å². The number of rotatable bonds is 2. The summed E-state index contributed by atoms with van der Waals surface area (Å²) in [5.74, 6) is 0. The van der Waals surface area contributed by atoms with Crippen molar-refractivity contribution in [2.45, 2.75) is 5.54 Å². The second-order valence-corrected chi connectivity index (χ2v) is 7.21. The Kier molecular flexibility index (Phi) is 3.59. The zero-order valence-corrected chi connectivity index (χ0v) is 15.2. The molecule has 0 bridgehead atoms. The number of hydrogen-bond acceptors (Lipinski definition) is 2. The van der Waals surface area contributed by atoms with Gasteiger partial charge in [0, 0.05) is 10.6 Å². The molecule has 2 aliphatic rings. The molecular weight excluding hydrogens is 358 g/mol. The molecule has 0 unspecified atom stereocenters. The summed E-state index contributed by atoms with van der Waals surface area (Å²) < 4.78 is 5.40. The molecule has 1 N–H and O–H groups in total. The zero-order chi connectivity index (χ0) is 18.4. The molecule has 3 nitrogen and oxygen atoms in total. The molecule has 27 heavy (non-hydrogen) atoms. The second-order valence-electron chi connectivity index (χ2n) is 6.78. The first-order chi connectivity index (χ1) is 13.2. The van der Waals surface area contributed by atoms with Crippen molar-refractivity contribution >= 4 is 28.8 Å². The molecule has 4 heteroatoms. The van der Waals surface area contributed by atoms with Crippen LogP contribution >= 0.6 is 11.6 Å². The largest absolute Gasteiger partial charge is 0.446 e. The number of halogens is 1. The first-order valence-electron chi connectivity index (χ1n) is 8.80. The zero-order valence-electron chi connectivity index (χ0n) is 14.4. The molecule has 1 aliphatic carbocycles. The first kappa shape index (κ1) is 16.2. The van der Waals surface area contributed by atoms with Crippen LogP contribution in [0.2, 0.25) is 5.02 Å². The van der Waals surface area contributed by atoms with E-state index in [1.54, 1.807) is 0 Å². The number of hydrogen-bond donors (Lipinski definition) is 1. The van der Waals surface area contributed by atoms with Gasteiger partial charge in [0.15, 0.2) is 0 Å². The van der Waals surface area contributed by atoms with Crippen molar-refractivity contribution in [3.63, 3.8) is 0 Å². The molecule has 3 aromatic carbocycles. The number of carbonyl (C=O) groups is 1. The lowest BCUT2D eigenvalue weighted by atomic mass is 9.83. The summed E-state index contributed by atoms with van der Waals surface area (Å²) in [6, 6.07) is 26.2. The molecule has 0 aromatic heterocycles. The molecule has 5 rings (SSSR count). The maximum Gasteiger partial charge on any atom is 0.408 e. The van der Waals surface area contributed by atoms with Crippen molar-refractivity contribution in [1.29, 1.82) is 0 Å². The molecule has 1 saturated heterocycles. The normalized spacial score (nSPS) is 20.6. The molecule has 1 amide bonds. The lowest BCUT2D eigenvalue weighted by molar-refractivity contribution is 0.175. The van der Waals surface area contributed by atoms with Crippen LogP contribution in [-0.2, 0) is 10.3 Å². The quantitative estimate of drug-likeness (QED) is 0.666. The molecule has 1 spiro atoms. The maximum atomic E-state index is 12.1. The number of benzene rings is 3. The van der Waals surface area contributed by atoms with Crippen molar-refractivity contribution in [3.8, 4) is 0 Å². The summed E-state index contributed by atoms with van der Waals surface area (Å²) in [5.41, 5.74) is 5.56. The van der Waals surface area contributed by atoms with Crippen LogP contribution in [0.5, 0.6) is 0 Å². The predicted octanol–water partition coefficient (Wildman–Crippen LogP) is 5.25. The first-order valence-corrected chi connectivity index (χ1v) is 9.18. The minimum atomic E-state index is -0.719. The molecule has 1 aliphatic heterocycles. The third kappa shape index (κ3) is 2.39. The van der Waals surface area contributed by atoms with Gasteiger partial charge in [0.1, 0.15) is 12.1 Å². The molecule has 1 atom stereocenters. The van der Waals surface area contributed by atoms with Crippen LogP contribution in [0.3, 0.4) is 0 Å². The van der Waals surface area contributed by atoms with E-state index >= 15 is 0 Å². The van der Waals surface area contributed by atoms with E-state index in [9.17, 15) is 4.79 Å². The predicted molar refractivity (Wildman–Crippen MR) is 106 cm³/mol. The Hall–Kier alpha value is -3.04. The Labute approximate surface area is 162 Å². The lowest BCUT2D eigenvalue weighted by Gasteiger charge is -2.27. The minimum Gasteiger partial charge on any atom is -0.446 e. The van der Waals surface area contributed by atoms with E-state index in [2.05, 4.69) is 29.6 Å². The van der Waals surface area contributed by atoms with Crippen LogP contribution in [0.4, 0.5) is 4.79 Å². The Morgan fingerprint density at radius 1 is 0.889 bits per heavy atom. The molecule has 0 saturated carbocycles. The molecule has 0 radical (unpaired) electrons. The number of amides is 1. The van der Waals surface area contributed by atoms with Gasteiger partial charge in [-0.15, -0.1) is 0 Å². The van der Waals surface area contributed by atoms with Crippen molar-refractivity contribution in [2.24, 2.45) is 0 Å². The lowest BCUT2D eigenvalue weighted by Crippen LogP contribution is -2.40. The van der Waals surface area contributed by atoms with Gasteiger partial charge in [0.05, 0.1) is 0 Å². The topological polar surface area (TPSA) is 38.3 Å². The van der Waals surface area contributed by atoms with E-state index in [4.69, 9.17) is 16.3 Å². The highest BCUT2D eigenvalue weighted by Gasteiger charge is 2.51.